The zero-order chi connectivity index (χ0) is 25.6. The van der Waals surface area contributed by atoms with Gasteiger partial charge in [0.15, 0.2) is 5.78 Å². The Morgan fingerprint density at radius 2 is 1.60 bits per heavy atom. The highest BCUT2D eigenvalue weighted by atomic mass is 19.4. The molecule has 0 aliphatic heterocycles. The van der Waals surface area contributed by atoms with E-state index in [1.54, 1.807) is 12.1 Å². The van der Waals surface area contributed by atoms with Crippen LogP contribution in [0.1, 0.15) is 33.5 Å². The molecule has 35 heavy (non-hydrogen) atoms. The van der Waals surface area contributed by atoms with Crippen molar-refractivity contribution < 1.29 is 37.4 Å². The number of hydrogen-bond acceptors (Lipinski definition) is 5. The fourth-order valence-electron chi connectivity index (χ4n) is 3.27. The lowest BCUT2D eigenvalue weighted by atomic mass is 10.0. The van der Waals surface area contributed by atoms with E-state index < -0.39 is 41.6 Å². The van der Waals surface area contributed by atoms with Crippen molar-refractivity contribution in [1.82, 2.24) is 0 Å². The van der Waals surface area contributed by atoms with Crippen LogP contribution in [0.25, 0.3) is 0 Å². The predicted molar refractivity (Wildman–Crippen MR) is 120 cm³/mol. The summed E-state index contributed by atoms with van der Waals surface area (Å²) in [4.78, 5) is 36.0. The van der Waals surface area contributed by atoms with Gasteiger partial charge >= 0.3 is 6.18 Å². The molecule has 0 bridgehead atoms. The molecular formula is C25H20F3N2O5-. The number of carboxylic acid groups (broad SMARTS) is 1. The molecule has 2 N–H and O–H groups in total. The summed E-state index contributed by atoms with van der Waals surface area (Å²) in [6.45, 7) is 1.41. The molecular weight excluding hydrogens is 465 g/mol. The molecule has 0 fully saturated rings. The van der Waals surface area contributed by atoms with Crippen LogP contribution in [-0.4, -0.2) is 17.8 Å². The number of benzene rings is 3. The maximum Gasteiger partial charge on any atom is 0.416 e. The van der Waals surface area contributed by atoms with Crippen LogP contribution < -0.4 is 20.5 Å². The van der Waals surface area contributed by atoms with Gasteiger partial charge in [0.2, 0.25) is 5.91 Å². The summed E-state index contributed by atoms with van der Waals surface area (Å²) in [5.41, 5.74) is -1.01. The second kappa shape index (κ2) is 10.7. The summed E-state index contributed by atoms with van der Waals surface area (Å²) < 4.78 is 45.5. The molecule has 0 saturated heterocycles. The van der Waals surface area contributed by atoms with Crippen molar-refractivity contribution in [2.24, 2.45) is 0 Å². The summed E-state index contributed by atoms with van der Waals surface area (Å²) in [6.07, 6.45) is -7.20. The van der Waals surface area contributed by atoms with E-state index in [1.165, 1.54) is 12.1 Å². The molecule has 0 saturated carbocycles. The lowest BCUT2D eigenvalue weighted by Gasteiger charge is -2.18. The summed E-state index contributed by atoms with van der Waals surface area (Å²) in [5, 5.41) is 14.9. The first-order chi connectivity index (χ1) is 16.5. The number of carbonyl (C=O) groups is 3. The normalized spacial score (nSPS) is 11.0. The largest absolute Gasteiger partial charge is 0.530 e. The maximum absolute atomic E-state index is 13.3. The number of anilines is 2. The first kappa shape index (κ1) is 25.3. The Hall–Kier alpha value is -4.34. The molecule has 0 aliphatic carbocycles. The third-order valence-corrected chi connectivity index (χ3v) is 4.91. The Bertz CT molecular complexity index is 1240. The first-order valence-electron chi connectivity index (χ1n) is 10.3. The van der Waals surface area contributed by atoms with Gasteiger partial charge in [-0.25, -0.2) is 0 Å². The number of hydrogen-bond donors (Lipinski definition) is 2. The second-order valence-electron chi connectivity index (χ2n) is 7.57. The van der Waals surface area contributed by atoms with E-state index in [9.17, 15) is 32.7 Å². The Morgan fingerprint density at radius 1 is 0.914 bits per heavy atom. The maximum atomic E-state index is 13.3. The monoisotopic (exact) mass is 485 g/mol. The van der Waals surface area contributed by atoms with Crippen LogP contribution in [0.4, 0.5) is 29.3 Å². The molecule has 0 aliphatic rings. The fourth-order valence-corrected chi connectivity index (χ4v) is 3.27. The number of halogens is 3. The molecule has 0 heterocycles. The number of ketones is 1. The van der Waals surface area contributed by atoms with Crippen LogP contribution in [-0.2, 0) is 17.6 Å². The lowest BCUT2D eigenvalue weighted by Crippen LogP contribution is -2.29. The van der Waals surface area contributed by atoms with Gasteiger partial charge < -0.3 is 25.3 Å². The number of aryl methyl sites for hydroxylation is 1. The van der Waals surface area contributed by atoms with E-state index in [0.717, 1.165) is 18.6 Å². The number of nitrogens with one attached hydrogen (secondary N) is 2. The third kappa shape index (κ3) is 7.07. The van der Waals surface area contributed by atoms with Crippen LogP contribution in [0.2, 0.25) is 0 Å². The van der Waals surface area contributed by atoms with E-state index in [0.29, 0.717) is 11.8 Å². The van der Waals surface area contributed by atoms with E-state index >= 15 is 0 Å². The molecule has 0 radical (unpaired) electrons. The smallest absolute Gasteiger partial charge is 0.416 e. The Kier molecular flexibility index (Phi) is 7.75. The predicted octanol–water partition coefficient (Wildman–Crippen LogP) is 4.56. The van der Waals surface area contributed by atoms with Crippen LogP contribution in [0.3, 0.4) is 0 Å². The zero-order valence-corrected chi connectivity index (χ0v) is 18.4. The average Bonchev–Trinajstić information content (AvgIpc) is 2.79. The molecule has 3 aromatic rings. The van der Waals surface area contributed by atoms with E-state index in [2.05, 4.69) is 5.32 Å². The van der Waals surface area contributed by atoms with Crippen molar-refractivity contribution in [1.29, 1.82) is 0 Å². The van der Waals surface area contributed by atoms with Gasteiger partial charge in [-0.1, -0.05) is 42.5 Å². The molecule has 2 amide bonds. The van der Waals surface area contributed by atoms with E-state index in [1.807, 2.05) is 35.6 Å². The van der Waals surface area contributed by atoms with Gasteiger partial charge in [0.1, 0.15) is 18.4 Å². The Labute approximate surface area is 198 Å². The molecule has 0 unspecified atom stereocenters. The van der Waals surface area contributed by atoms with Crippen molar-refractivity contribution >= 4 is 29.2 Å². The number of ether oxygens (including phenoxy) is 1. The fraction of sp³-hybridized carbons (Fsp3) is 0.160. The van der Waals surface area contributed by atoms with Crippen molar-refractivity contribution in [2.45, 2.75) is 26.1 Å². The minimum Gasteiger partial charge on any atom is -0.530 e. The summed E-state index contributed by atoms with van der Waals surface area (Å²) in [5.74, 6) is -1.14. The Morgan fingerprint density at radius 3 is 2.26 bits per heavy atom. The minimum atomic E-state index is -4.74. The minimum absolute atomic E-state index is 0.165. The highest BCUT2D eigenvalue weighted by molar-refractivity contribution is 6.12. The van der Waals surface area contributed by atoms with Gasteiger partial charge in [0, 0.05) is 5.56 Å². The number of amides is 2. The van der Waals surface area contributed by atoms with E-state index in [4.69, 9.17) is 4.74 Å². The number of rotatable bonds is 8. The second-order valence-corrected chi connectivity index (χ2v) is 7.57. The number of Topliss-reactive ketones (excluding diaryl/α,β-unsaturated/α-hetero) is 1. The van der Waals surface area contributed by atoms with Gasteiger partial charge in [-0.2, -0.15) is 13.2 Å². The lowest BCUT2D eigenvalue weighted by molar-refractivity contribution is -0.242. The summed E-state index contributed by atoms with van der Waals surface area (Å²) >= 11 is 0. The van der Waals surface area contributed by atoms with Crippen molar-refractivity contribution in [2.75, 3.05) is 10.6 Å². The third-order valence-electron chi connectivity index (χ3n) is 4.91. The first-order valence-corrected chi connectivity index (χ1v) is 10.3. The molecule has 0 atom stereocenters. The van der Waals surface area contributed by atoms with Crippen LogP contribution in [0.15, 0.2) is 66.7 Å². The highest BCUT2D eigenvalue weighted by Gasteiger charge is 2.33. The summed E-state index contributed by atoms with van der Waals surface area (Å²) in [6, 6.07) is 17.0. The number of alkyl halides is 3. The average molecular weight is 485 g/mol. The SMILES string of the molecule is Cc1cc(NC(=O)[O-])c(NC(=O)CC(=O)c2cccc(OCc3ccccc3)c2)cc1C(F)(F)F. The van der Waals surface area contributed by atoms with Crippen molar-refractivity contribution in [3.8, 4) is 5.75 Å². The van der Waals surface area contributed by atoms with Crippen LogP contribution >= 0.6 is 0 Å². The van der Waals surface area contributed by atoms with Gasteiger partial charge in [-0.15, -0.1) is 0 Å². The molecule has 10 heteroatoms. The van der Waals surface area contributed by atoms with Gasteiger partial charge in [0.05, 0.1) is 23.4 Å². The molecule has 182 valence electrons. The van der Waals surface area contributed by atoms with Gasteiger partial charge in [-0.05, 0) is 42.3 Å². The van der Waals surface area contributed by atoms with Crippen LogP contribution in [0, 0.1) is 6.92 Å². The summed E-state index contributed by atoms with van der Waals surface area (Å²) in [7, 11) is 0. The molecule has 0 aromatic heterocycles. The van der Waals surface area contributed by atoms with Crippen molar-refractivity contribution in [3.05, 3.63) is 89.0 Å². The molecule has 3 rings (SSSR count). The quantitative estimate of drug-likeness (QED) is 0.359. The zero-order valence-electron chi connectivity index (χ0n) is 18.4. The number of carbonyl (C=O) groups excluding carboxylic acids is 3. The Balaban J connectivity index is 1.72. The molecule has 0 spiro atoms. The highest BCUT2D eigenvalue weighted by Crippen LogP contribution is 2.37. The molecule has 3 aromatic carbocycles. The topological polar surface area (TPSA) is 108 Å². The van der Waals surface area contributed by atoms with Crippen molar-refractivity contribution in [3.63, 3.8) is 0 Å². The standard InChI is InChI=1S/C25H21F3N2O5/c1-15-10-20(30-24(33)34)21(12-19(15)25(26,27)28)29-23(32)13-22(31)17-8-5-9-18(11-17)35-14-16-6-3-2-4-7-16/h2-12,30H,13-14H2,1H3,(H,29,32)(H,33,34)/p-1. The van der Waals surface area contributed by atoms with Gasteiger partial charge in [0.25, 0.3) is 0 Å². The van der Waals surface area contributed by atoms with Crippen LogP contribution in [0.5, 0.6) is 5.75 Å². The van der Waals surface area contributed by atoms with E-state index in [-0.39, 0.29) is 23.4 Å². The molecule has 7 nitrogen and oxygen atoms in total. The van der Waals surface area contributed by atoms with Gasteiger partial charge in [-0.3, -0.25) is 9.59 Å².